The molecular weight excluding hydrogens is 508 g/mol. The number of carbonyl (C=O) groups excluding carboxylic acids is 3. The van der Waals surface area contributed by atoms with Crippen molar-refractivity contribution in [2.45, 2.75) is 52.0 Å². The number of carbonyl (C=O) groups is 5. The van der Waals surface area contributed by atoms with Crippen molar-refractivity contribution in [3.63, 3.8) is 0 Å². The van der Waals surface area contributed by atoms with E-state index >= 15 is 0 Å². The molecule has 2 aromatic rings. The minimum Gasteiger partial charge on any atom is -0.481 e. The van der Waals surface area contributed by atoms with E-state index in [0.717, 1.165) is 23.4 Å². The zero-order chi connectivity index (χ0) is 28.7. The maximum Gasteiger partial charge on any atom is 0.326 e. The van der Waals surface area contributed by atoms with E-state index in [-0.39, 0.29) is 42.1 Å². The second kappa shape index (κ2) is 12.8. The number of aromatic nitrogens is 2. The van der Waals surface area contributed by atoms with Gasteiger partial charge >= 0.3 is 11.9 Å². The number of rotatable bonds is 11. The van der Waals surface area contributed by atoms with Gasteiger partial charge in [-0.1, -0.05) is 0 Å². The van der Waals surface area contributed by atoms with Crippen molar-refractivity contribution in [1.82, 2.24) is 15.3 Å². The largest absolute Gasteiger partial charge is 0.481 e. The standard InChI is InChI=1S/C26H32N6O7/c1-14(33)27-23-19-12-16(4-9-20(19)30-26(31-23)28-15(2)34)13-32(3)18-7-5-17(6-8-18)24(37)29-21(25(38)39)10-11-22(35)36/h5-8,16,21H,4,9-13H2,1-3H3,(H,29,37)(H,35,36)(H,38,39)(H2,27,28,30,31,33,34). The number of carboxylic acids is 2. The molecule has 208 valence electrons. The van der Waals surface area contributed by atoms with Gasteiger partial charge in [0.15, 0.2) is 0 Å². The van der Waals surface area contributed by atoms with Crippen LogP contribution in [-0.4, -0.2) is 69.5 Å². The van der Waals surface area contributed by atoms with Crippen LogP contribution in [-0.2, 0) is 32.0 Å². The minimum absolute atomic E-state index is 0.154. The van der Waals surface area contributed by atoms with E-state index in [1.54, 1.807) is 24.3 Å². The SMILES string of the molecule is CC(=O)Nc1nc2c(c(NC(C)=O)n1)CC(CN(C)c1ccc(C(=O)NC(CCC(=O)O)C(=O)O)cc1)CC2. The molecule has 13 nitrogen and oxygen atoms in total. The van der Waals surface area contributed by atoms with Gasteiger partial charge in [0.25, 0.3) is 5.91 Å². The molecule has 0 spiro atoms. The van der Waals surface area contributed by atoms with Gasteiger partial charge < -0.3 is 25.7 Å². The van der Waals surface area contributed by atoms with Gasteiger partial charge in [-0.05, 0) is 55.9 Å². The number of aryl methyl sites for hydroxylation is 1. The van der Waals surface area contributed by atoms with Crippen LogP contribution in [0.3, 0.4) is 0 Å². The monoisotopic (exact) mass is 540 g/mol. The molecule has 0 fully saturated rings. The number of carboxylic acid groups (broad SMARTS) is 2. The Balaban J connectivity index is 1.66. The first-order valence-corrected chi connectivity index (χ1v) is 12.4. The zero-order valence-electron chi connectivity index (χ0n) is 22.0. The smallest absolute Gasteiger partial charge is 0.326 e. The van der Waals surface area contributed by atoms with Gasteiger partial charge in [0.2, 0.25) is 17.8 Å². The summed E-state index contributed by atoms with van der Waals surface area (Å²) in [5.74, 6) is -2.85. The van der Waals surface area contributed by atoms with E-state index < -0.39 is 23.9 Å². The average Bonchev–Trinajstić information content (AvgIpc) is 2.85. The van der Waals surface area contributed by atoms with Crippen molar-refractivity contribution in [3.8, 4) is 0 Å². The molecule has 3 amide bonds. The summed E-state index contributed by atoms with van der Waals surface area (Å²) in [5, 5.41) is 25.7. The van der Waals surface area contributed by atoms with Gasteiger partial charge in [-0.15, -0.1) is 0 Å². The highest BCUT2D eigenvalue weighted by Crippen LogP contribution is 2.31. The van der Waals surface area contributed by atoms with Crippen LogP contribution in [0.15, 0.2) is 24.3 Å². The Morgan fingerprint density at radius 2 is 1.69 bits per heavy atom. The Morgan fingerprint density at radius 1 is 1.03 bits per heavy atom. The molecule has 1 aromatic carbocycles. The Labute approximate surface area is 225 Å². The Kier molecular flexibility index (Phi) is 9.52. The first-order valence-electron chi connectivity index (χ1n) is 12.4. The van der Waals surface area contributed by atoms with Crippen LogP contribution in [0.5, 0.6) is 0 Å². The molecule has 5 N–H and O–H groups in total. The number of nitrogens with zero attached hydrogens (tertiary/aromatic N) is 3. The van der Waals surface area contributed by atoms with E-state index in [1.807, 2.05) is 11.9 Å². The van der Waals surface area contributed by atoms with Crippen LogP contribution in [0.2, 0.25) is 0 Å². The molecule has 0 bridgehead atoms. The van der Waals surface area contributed by atoms with Crippen LogP contribution >= 0.6 is 0 Å². The van der Waals surface area contributed by atoms with Crippen LogP contribution < -0.4 is 20.9 Å². The Morgan fingerprint density at radius 3 is 2.28 bits per heavy atom. The quantitative estimate of drug-likeness (QED) is 0.280. The third-order valence-electron chi connectivity index (χ3n) is 6.31. The highest BCUT2D eigenvalue weighted by atomic mass is 16.4. The van der Waals surface area contributed by atoms with E-state index in [2.05, 4.69) is 25.9 Å². The molecule has 1 aliphatic rings. The molecule has 1 aliphatic carbocycles. The summed E-state index contributed by atoms with van der Waals surface area (Å²) >= 11 is 0. The number of hydrogen-bond donors (Lipinski definition) is 5. The molecule has 0 saturated heterocycles. The van der Waals surface area contributed by atoms with Gasteiger partial charge in [-0.3, -0.25) is 24.5 Å². The molecular formula is C26H32N6O7. The van der Waals surface area contributed by atoms with Crippen LogP contribution in [0, 0.1) is 5.92 Å². The number of amides is 3. The molecule has 1 heterocycles. The number of fused-ring (bicyclic) bond motifs is 1. The van der Waals surface area contributed by atoms with Gasteiger partial charge in [0.05, 0.1) is 5.69 Å². The first kappa shape index (κ1) is 29.0. The third-order valence-corrected chi connectivity index (χ3v) is 6.31. The summed E-state index contributed by atoms with van der Waals surface area (Å²) < 4.78 is 0. The highest BCUT2D eigenvalue weighted by molar-refractivity contribution is 5.97. The second-order valence-corrected chi connectivity index (χ2v) is 9.52. The van der Waals surface area contributed by atoms with Gasteiger partial charge in [-0.25, -0.2) is 9.78 Å². The van der Waals surface area contributed by atoms with E-state index in [0.29, 0.717) is 25.2 Å². The lowest BCUT2D eigenvalue weighted by Crippen LogP contribution is -2.41. The lowest BCUT2D eigenvalue weighted by Gasteiger charge is -2.30. The Bertz CT molecular complexity index is 1260. The fourth-order valence-corrected chi connectivity index (χ4v) is 4.45. The lowest BCUT2D eigenvalue weighted by atomic mass is 9.86. The summed E-state index contributed by atoms with van der Waals surface area (Å²) in [6.45, 7) is 3.43. The fourth-order valence-electron chi connectivity index (χ4n) is 4.45. The topological polar surface area (TPSA) is 191 Å². The summed E-state index contributed by atoms with van der Waals surface area (Å²) in [6, 6.07) is 5.37. The predicted octanol–water partition coefficient (Wildman–Crippen LogP) is 1.68. The van der Waals surface area contributed by atoms with Gasteiger partial charge in [-0.2, -0.15) is 4.98 Å². The first-order chi connectivity index (χ1) is 18.4. The molecule has 0 saturated carbocycles. The van der Waals surface area contributed by atoms with Crippen molar-refractivity contribution in [3.05, 3.63) is 41.1 Å². The minimum atomic E-state index is -1.30. The fraction of sp³-hybridized carbons (Fsp3) is 0.423. The molecule has 1 aromatic heterocycles. The normalized spacial score (nSPS) is 14.9. The van der Waals surface area contributed by atoms with Crippen LogP contribution in [0.1, 0.15) is 54.7 Å². The third kappa shape index (κ3) is 8.22. The summed E-state index contributed by atoms with van der Waals surface area (Å²) in [7, 11) is 1.92. The molecule has 2 unspecified atom stereocenters. The van der Waals surface area contributed by atoms with Crippen LogP contribution in [0.4, 0.5) is 17.5 Å². The number of nitrogens with one attached hydrogen (secondary N) is 3. The molecule has 2 atom stereocenters. The number of aliphatic carboxylic acids is 2. The average molecular weight is 541 g/mol. The van der Waals surface area contributed by atoms with Crippen LogP contribution in [0.25, 0.3) is 0 Å². The van der Waals surface area contributed by atoms with Crippen molar-refractivity contribution in [2.24, 2.45) is 5.92 Å². The van der Waals surface area contributed by atoms with Crippen molar-refractivity contribution >= 4 is 47.1 Å². The van der Waals surface area contributed by atoms with Crippen molar-refractivity contribution in [2.75, 3.05) is 29.1 Å². The number of anilines is 3. The van der Waals surface area contributed by atoms with E-state index in [4.69, 9.17) is 5.11 Å². The summed E-state index contributed by atoms with van der Waals surface area (Å²) in [4.78, 5) is 68.6. The second-order valence-electron chi connectivity index (χ2n) is 9.52. The summed E-state index contributed by atoms with van der Waals surface area (Å²) in [5.41, 5.74) is 2.73. The van der Waals surface area contributed by atoms with E-state index in [1.165, 1.54) is 13.8 Å². The molecule has 0 radical (unpaired) electrons. The van der Waals surface area contributed by atoms with Gasteiger partial charge in [0.1, 0.15) is 11.9 Å². The molecule has 3 rings (SSSR count). The maximum absolute atomic E-state index is 12.5. The lowest BCUT2D eigenvalue weighted by molar-refractivity contribution is -0.140. The Hall–Kier alpha value is -4.55. The van der Waals surface area contributed by atoms with Crippen molar-refractivity contribution < 1.29 is 34.2 Å². The predicted molar refractivity (Wildman–Crippen MR) is 142 cm³/mol. The number of benzene rings is 1. The molecule has 13 heteroatoms. The summed E-state index contributed by atoms with van der Waals surface area (Å²) in [6.07, 6.45) is 1.53. The maximum atomic E-state index is 12.5. The number of hydrogen-bond acceptors (Lipinski definition) is 8. The van der Waals surface area contributed by atoms with Crippen molar-refractivity contribution in [1.29, 1.82) is 0 Å². The van der Waals surface area contributed by atoms with E-state index in [9.17, 15) is 29.1 Å². The zero-order valence-corrected chi connectivity index (χ0v) is 22.0. The molecule has 0 aliphatic heterocycles. The molecule has 39 heavy (non-hydrogen) atoms. The highest BCUT2D eigenvalue weighted by Gasteiger charge is 2.26. The van der Waals surface area contributed by atoms with Gasteiger partial charge in [0, 0.05) is 50.7 Å².